The number of phenols is 1. The van der Waals surface area contributed by atoms with Crippen molar-refractivity contribution in [3.8, 4) is 5.75 Å². The van der Waals surface area contributed by atoms with Gasteiger partial charge >= 0.3 is 0 Å². The second-order valence-corrected chi connectivity index (χ2v) is 4.07. The molecule has 0 bridgehead atoms. The van der Waals surface area contributed by atoms with Crippen LogP contribution in [0.1, 0.15) is 11.1 Å². The number of rotatable bonds is 2. The van der Waals surface area contributed by atoms with Gasteiger partial charge in [0.2, 0.25) is 0 Å². The summed E-state index contributed by atoms with van der Waals surface area (Å²) in [4.78, 5) is 0. The molecule has 2 rings (SSSR count). The van der Waals surface area contributed by atoms with Crippen molar-refractivity contribution in [3.63, 3.8) is 0 Å². The van der Waals surface area contributed by atoms with Gasteiger partial charge in [0.15, 0.2) is 11.9 Å². The Morgan fingerprint density at radius 1 is 1.38 bits per heavy atom. The quantitative estimate of drug-likeness (QED) is 0.602. The number of phenolic OH excluding ortho intramolecular Hbond substituents is 1. The maximum Gasteiger partial charge on any atom is 0.255 e. The van der Waals surface area contributed by atoms with Gasteiger partial charge < -0.3 is 5.11 Å². The molecule has 0 aliphatic carbocycles. The highest BCUT2D eigenvalue weighted by atomic mass is 16.3. The predicted molar refractivity (Wildman–Crippen MR) is 65.4 cm³/mol. The summed E-state index contributed by atoms with van der Waals surface area (Å²) in [6, 6.07) is 6.07. The zero-order valence-corrected chi connectivity index (χ0v) is 9.70. The van der Waals surface area contributed by atoms with Crippen LogP contribution in [0.15, 0.2) is 37.1 Å². The van der Waals surface area contributed by atoms with Crippen LogP contribution in [0, 0.1) is 6.92 Å². The average Bonchev–Trinajstić information content (AvgIpc) is 2.27. The Morgan fingerprint density at radius 2 is 2.12 bits per heavy atom. The summed E-state index contributed by atoms with van der Waals surface area (Å²) in [5.74, 6) is 0.364. The maximum absolute atomic E-state index is 10.2. The van der Waals surface area contributed by atoms with Crippen molar-refractivity contribution >= 4 is 10.9 Å². The third-order valence-electron chi connectivity index (χ3n) is 2.92. The molecule has 2 heteroatoms. The molecule has 0 amide bonds. The van der Waals surface area contributed by atoms with Gasteiger partial charge in [0, 0.05) is 11.6 Å². The molecule has 0 aliphatic rings. The molecule has 1 heterocycles. The van der Waals surface area contributed by atoms with Gasteiger partial charge in [-0.25, -0.2) is 0 Å². The number of hydrogen-bond donors (Lipinski definition) is 1. The maximum atomic E-state index is 10.2. The average molecular weight is 214 g/mol. The molecule has 0 atom stereocenters. The highest BCUT2D eigenvalue weighted by Gasteiger charge is 2.15. The Labute approximate surface area is 95.5 Å². The molecule has 1 aromatic carbocycles. The summed E-state index contributed by atoms with van der Waals surface area (Å²) >= 11 is 0. The highest BCUT2D eigenvalue weighted by Crippen LogP contribution is 2.28. The van der Waals surface area contributed by atoms with Gasteiger partial charge in [0.05, 0.1) is 5.39 Å². The van der Waals surface area contributed by atoms with Crippen molar-refractivity contribution in [3.05, 3.63) is 48.2 Å². The number of hydrogen-bond acceptors (Lipinski definition) is 1. The zero-order valence-electron chi connectivity index (χ0n) is 9.70. The van der Waals surface area contributed by atoms with E-state index in [1.165, 1.54) is 5.56 Å². The number of nitrogens with zero attached hydrogens (tertiary/aromatic N) is 1. The molecule has 0 radical (unpaired) electrons. The summed E-state index contributed by atoms with van der Waals surface area (Å²) < 4.78 is 1.95. The first-order chi connectivity index (χ1) is 7.65. The van der Waals surface area contributed by atoms with Crippen LogP contribution < -0.4 is 4.57 Å². The van der Waals surface area contributed by atoms with Crippen molar-refractivity contribution in [1.29, 1.82) is 0 Å². The fourth-order valence-corrected chi connectivity index (χ4v) is 2.00. The summed E-state index contributed by atoms with van der Waals surface area (Å²) in [7, 11) is 1.94. The lowest BCUT2D eigenvalue weighted by Crippen LogP contribution is -2.28. The van der Waals surface area contributed by atoms with E-state index >= 15 is 0 Å². The van der Waals surface area contributed by atoms with Gasteiger partial charge in [-0.05, 0) is 25.0 Å². The first-order valence-electron chi connectivity index (χ1n) is 5.36. The molecular weight excluding hydrogens is 198 g/mol. The molecule has 0 spiro atoms. The molecule has 0 unspecified atom stereocenters. The molecular formula is C14H16NO+. The Hall–Kier alpha value is -1.83. The van der Waals surface area contributed by atoms with Crippen LogP contribution in [0.2, 0.25) is 0 Å². The molecule has 1 N–H and O–H groups in total. The topological polar surface area (TPSA) is 24.1 Å². The third-order valence-corrected chi connectivity index (χ3v) is 2.92. The van der Waals surface area contributed by atoms with Crippen LogP contribution in [0.4, 0.5) is 0 Å². The Bertz CT molecular complexity index is 558. The van der Waals surface area contributed by atoms with Crippen LogP contribution in [0.5, 0.6) is 5.75 Å². The lowest BCUT2D eigenvalue weighted by atomic mass is 10.0. The van der Waals surface area contributed by atoms with Gasteiger partial charge in [0.25, 0.3) is 5.52 Å². The van der Waals surface area contributed by atoms with E-state index in [4.69, 9.17) is 0 Å². The number of aromatic nitrogens is 1. The first kappa shape index (κ1) is 10.7. The number of allylic oxidation sites excluding steroid dienone is 1. The summed E-state index contributed by atoms with van der Waals surface area (Å²) in [5, 5.41) is 11.3. The number of aryl methyl sites for hydroxylation is 2. The van der Waals surface area contributed by atoms with E-state index in [0.717, 1.165) is 16.5 Å². The Morgan fingerprint density at radius 3 is 2.81 bits per heavy atom. The number of fused-ring (bicyclic) bond motifs is 1. The fraction of sp³-hybridized carbons (Fsp3) is 0.214. The van der Waals surface area contributed by atoms with Gasteiger partial charge in [-0.2, -0.15) is 4.57 Å². The number of benzene rings is 1. The van der Waals surface area contributed by atoms with Crippen LogP contribution in [0.25, 0.3) is 10.9 Å². The number of aromatic hydroxyl groups is 1. The van der Waals surface area contributed by atoms with E-state index < -0.39 is 0 Å². The van der Waals surface area contributed by atoms with E-state index in [0.29, 0.717) is 12.2 Å². The molecule has 16 heavy (non-hydrogen) atoms. The van der Waals surface area contributed by atoms with Crippen LogP contribution in [-0.4, -0.2) is 5.11 Å². The van der Waals surface area contributed by atoms with Crippen molar-refractivity contribution in [2.24, 2.45) is 7.05 Å². The van der Waals surface area contributed by atoms with Crippen molar-refractivity contribution < 1.29 is 9.67 Å². The molecule has 2 nitrogen and oxygen atoms in total. The molecule has 0 saturated carbocycles. The summed E-state index contributed by atoms with van der Waals surface area (Å²) in [6.07, 6.45) is 4.46. The monoisotopic (exact) mass is 214 g/mol. The van der Waals surface area contributed by atoms with Gasteiger partial charge in [-0.1, -0.05) is 12.1 Å². The highest BCUT2D eigenvalue weighted by molar-refractivity contribution is 5.85. The van der Waals surface area contributed by atoms with Crippen LogP contribution >= 0.6 is 0 Å². The second kappa shape index (κ2) is 3.97. The largest absolute Gasteiger partial charge is 0.502 e. The molecule has 82 valence electrons. The lowest BCUT2D eigenvalue weighted by Gasteiger charge is -2.06. The third kappa shape index (κ3) is 1.56. The van der Waals surface area contributed by atoms with E-state index in [9.17, 15) is 5.11 Å². The minimum Gasteiger partial charge on any atom is -0.502 e. The summed E-state index contributed by atoms with van der Waals surface area (Å²) in [5.41, 5.74) is 2.98. The standard InChI is InChI=1S/C14H15NO/c1-4-5-11-6-7-12-10(2)8-9-15(3)13(12)14(11)16/h4,6-9H,1,5H2,2-3H3/p+1. The van der Waals surface area contributed by atoms with Crippen molar-refractivity contribution in [2.75, 3.05) is 0 Å². The normalized spacial score (nSPS) is 10.6. The van der Waals surface area contributed by atoms with Gasteiger partial charge in [-0.15, -0.1) is 6.58 Å². The molecule has 0 fully saturated rings. The molecule has 0 saturated heterocycles. The smallest absolute Gasteiger partial charge is 0.255 e. The predicted octanol–water partition coefficient (Wildman–Crippen LogP) is 2.41. The van der Waals surface area contributed by atoms with E-state index in [1.807, 2.05) is 23.9 Å². The van der Waals surface area contributed by atoms with E-state index in [2.05, 4.69) is 25.6 Å². The van der Waals surface area contributed by atoms with Crippen molar-refractivity contribution in [1.82, 2.24) is 0 Å². The molecule has 1 aromatic heterocycles. The minimum atomic E-state index is 0.364. The Kier molecular flexibility index (Phi) is 2.65. The van der Waals surface area contributed by atoms with E-state index in [1.54, 1.807) is 6.08 Å². The number of pyridine rings is 1. The molecule has 0 aliphatic heterocycles. The zero-order chi connectivity index (χ0) is 11.7. The van der Waals surface area contributed by atoms with E-state index in [-0.39, 0.29) is 0 Å². The SMILES string of the molecule is C=CCc1ccc2c(C)cc[n+](C)c2c1O. The minimum absolute atomic E-state index is 0.364. The summed E-state index contributed by atoms with van der Waals surface area (Å²) in [6.45, 7) is 5.75. The van der Waals surface area contributed by atoms with Crippen LogP contribution in [0.3, 0.4) is 0 Å². The first-order valence-corrected chi connectivity index (χ1v) is 5.36. The van der Waals surface area contributed by atoms with Gasteiger partial charge in [0.1, 0.15) is 7.05 Å². The van der Waals surface area contributed by atoms with Gasteiger partial charge in [-0.3, -0.25) is 0 Å². The second-order valence-electron chi connectivity index (χ2n) is 4.07. The van der Waals surface area contributed by atoms with Crippen LogP contribution in [-0.2, 0) is 13.5 Å². The lowest BCUT2D eigenvalue weighted by molar-refractivity contribution is -0.645. The molecule has 2 aromatic rings. The Balaban J connectivity index is 2.82. The van der Waals surface area contributed by atoms with Crippen molar-refractivity contribution in [2.45, 2.75) is 13.3 Å². The fourth-order valence-electron chi connectivity index (χ4n) is 2.00.